The van der Waals surface area contributed by atoms with Gasteiger partial charge in [-0.3, -0.25) is 4.79 Å². The molecule has 1 N–H and O–H groups in total. The highest BCUT2D eigenvalue weighted by atomic mass is 35.5. The van der Waals surface area contributed by atoms with E-state index in [1.165, 1.54) is 16.8 Å². The van der Waals surface area contributed by atoms with Crippen LogP contribution >= 0.6 is 23.2 Å². The van der Waals surface area contributed by atoms with E-state index in [-0.39, 0.29) is 53.2 Å². The summed E-state index contributed by atoms with van der Waals surface area (Å²) in [6, 6.07) is 7.38. The van der Waals surface area contributed by atoms with Crippen molar-refractivity contribution in [1.82, 2.24) is 15.1 Å². The largest absolute Gasteiger partial charge is 0.401 e. The van der Waals surface area contributed by atoms with E-state index in [4.69, 9.17) is 23.2 Å². The van der Waals surface area contributed by atoms with Gasteiger partial charge in [0.1, 0.15) is 11.0 Å². The first-order chi connectivity index (χ1) is 16.5. The van der Waals surface area contributed by atoms with E-state index >= 15 is 0 Å². The smallest absolute Gasteiger partial charge is 0.305 e. The molecule has 1 amide bonds. The lowest BCUT2D eigenvalue weighted by molar-refractivity contribution is -0.125. The maximum atomic E-state index is 14.9. The van der Waals surface area contributed by atoms with E-state index in [0.29, 0.717) is 16.7 Å². The van der Waals surface area contributed by atoms with Crippen molar-refractivity contribution in [3.05, 3.63) is 80.1 Å². The van der Waals surface area contributed by atoms with Crippen LogP contribution in [0.25, 0.3) is 0 Å². The molecule has 1 aromatic heterocycles. The van der Waals surface area contributed by atoms with E-state index in [9.17, 15) is 26.7 Å². The van der Waals surface area contributed by atoms with Crippen LogP contribution in [0.3, 0.4) is 0 Å². The van der Waals surface area contributed by atoms with Gasteiger partial charge in [-0.1, -0.05) is 41.4 Å². The number of aromatic nitrogens is 2. The minimum Gasteiger partial charge on any atom is -0.305 e. The zero-order chi connectivity index (χ0) is 25.5. The lowest BCUT2D eigenvalue weighted by Crippen LogP contribution is -2.38. The van der Waals surface area contributed by atoms with Crippen molar-refractivity contribution in [2.45, 2.75) is 32.6 Å². The summed E-state index contributed by atoms with van der Waals surface area (Å²) in [6.07, 6.45) is -4.17. The quantitative estimate of drug-likeness (QED) is 0.415. The Morgan fingerprint density at radius 2 is 1.89 bits per heavy atom. The van der Waals surface area contributed by atoms with Gasteiger partial charge in [0, 0.05) is 24.2 Å². The van der Waals surface area contributed by atoms with E-state index in [1.807, 2.05) is 0 Å². The molecule has 0 saturated carbocycles. The van der Waals surface area contributed by atoms with E-state index in [0.717, 1.165) is 4.90 Å². The van der Waals surface area contributed by atoms with Crippen LogP contribution in [0.15, 0.2) is 30.3 Å². The predicted molar refractivity (Wildman–Crippen MR) is 122 cm³/mol. The predicted octanol–water partition coefficient (Wildman–Crippen LogP) is 5.68. The third-order valence-corrected chi connectivity index (χ3v) is 6.32. The number of amides is 1. The maximum Gasteiger partial charge on any atom is 0.401 e. The molecule has 5 nitrogen and oxygen atoms in total. The Morgan fingerprint density at radius 3 is 2.60 bits per heavy atom. The third kappa shape index (κ3) is 5.29. The Labute approximate surface area is 207 Å². The summed E-state index contributed by atoms with van der Waals surface area (Å²) in [5, 5.41) is 6.32. The van der Waals surface area contributed by atoms with E-state index in [2.05, 4.69) is 10.4 Å². The van der Waals surface area contributed by atoms with Crippen LogP contribution in [0.4, 0.5) is 27.6 Å². The molecule has 0 atom stereocenters. The van der Waals surface area contributed by atoms with Crippen LogP contribution in [0, 0.1) is 18.6 Å². The minimum absolute atomic E-state index is 0.00677. The number of rotatable bonds is 6. The highest BCUT2D eigenvalue weighted by Gasteiger charge is 2.34. The highest BCUT2D eigenvalue weighted by molar-refractivity contribution is 6.32. The number of carbonyl (C=O) groups is 1. The standard InChI is InChI=1S/C23H19Cl2F5N4O/c1-12-3-2-4-14(18(12)26)10-34-21(25)15-5-6-33(22(35)20(15)32-34)17-8-13(7-16(24)19(17)27)9-31-11-23(28,29)30/h2-4,7-8,31H,5-6,9-11H2,1H3. The summed E-state index contributed by atoms with van der Waals surface area (Å²) in [4.78, 5) is 14.3. The van der Waals surface area contributed by atoms with Gasteiger partial charge in [-0.2, -0.15) is 18.3 Å². The number of halogens is 7. The fraction of sp³-hybridized carbons (Fsp3) is 0.304. The summed E-state index contributed by atoms with van der Waals surface area (Å²) in [7, 11) is 0. The molecular formula is C23H19Cl2F5N4O. The molecule has 0 spiro atoms. The Kier molecular flexibility index (Phi) is 7.08. The second kappa shape index (κ2) is 9.75. The topological polar surface area (TPSA) is 50.2 Å². The number of carbonyl (C=O) groups excluding carboxylic acids is 1. The van der Waals surface area contributed by atoms with Gasteiger partial charge in [-0.05, 0) is 36.6 Å². The van der Waals surface area contributed by atoms with Crippen LogP contribution < -0.4 is 10.2 Å². The summed E-state index contributed by atoms with van der Waals surface area (Å²) in [5.74, 6) is -1.93. The maximum absolute atomic E-state index is 14.9. The molecule has 4 rings (SSSR count). The number of hydrogen-bond acceptors (Lipinski definition) is 3. The SMILES string of the molecule is Cc1cccc(Cn2nc3c(c2Cl)CCN(c2cc(CNCC(F)(F)F)cc(Cl)c2F)C3=O)c1F. The number of alkyl halides is 3. The second-order valence-electron chi connectivity index (χ2n) is 8.16. The molecule has 1 aliphatic rings. The normalized spacial score (nSPS) is 13.9. The molecule has 12 heteroatoms. The Balaban J connectivity index is 1.61. The molecule has 0 saturated heterocycles. The lowest BCUT2D eigenvalue weighted by Gasteiger charge is -2.27. The Hall–Kier alpha value is -2.69. The first kappa shape index (κ1) is 25.4. The number of benzene rings is 2. The van der Waals surface area contributed by atoms with Gasteiger partial charge in [0.25, 0.3) is 5.91 Å². The zero-order valence-corrected chi connectivity index (χ0v) is 19.8. The van der Waals surface area contributed by atoms with Crippen molar-refractivity contribution in [3.8, 4) is 0 Å². The van der Waals surface area contributed by atoms with Crippen LogP contribution in [0.1, 0.15) is 32.7 Å². The highest BCUT2D eigenvalue weighted by Crippen LogP contribution is 2.34. The van der Waals surface area contributed by atoms with Gasteiger partial charge in [0.15, 0.2) is 11.5 Å². The molecule has 0 fully saturated rings. The van der Waals surface area contributed by atoms with Crippen molar-refractivity contribution in [3.63, 3.8) is 0 Å². The molecule has 0 unspecified atom stereocenters. The third-order valence-electron chi connectivity index (χ3n) is 5.62. The van der Waals surface area contributed by atoms with Crippen LogP contribution in [0.2, 0.25) is 10.2 Å². The zero-order valence-electron chi connectivity index (χ0n) is 18.3. The first-order valence-corrected chi connectivity index (χ1v) is 11.3. The van der Waals surface area contributed by atoms with Gasteiger partial charge < -0.3 is 10.2 Å². The van der Waals surface area contributed by atoms with E-state index < -0.39 is 30.3 Å². The Morgan fingerprint density at radius 1 is 1.14 bits per heavy atom. The van der Waals surface area contributed by atoms with Gasteiger partial charge in [-0.25, -0.2) is 13.5 Å². The van der Waals surface area contributed by atoms with Crippen molar-refractivity contribution < 1.29 is 26.7 Å². The Bertz CT molecular complexity index is 1290. The summed E-state index contributed by atoms with van der Waals surface area (Å²) >= 11 is 12.4. The van der Waals surface area contributed by atoms with Crippen LogP contribution in [0.5, 0.6) is 0 Å². The number of anilines is 1. The molecule has 2 aromatic carbocycles. The molecular weight excluding hydrogens is 514 g/mol. The minimum atomic E-state index is -4.41. The molecule has 0 aliphatic carbocycles. The number of aryl methyl sites for hydroxylation is 1. The monoisotopic (exact) mass is 532 g/mol. The average Bonchev–Trinajstić information content (AvgIpc) is 3.10. The summed E-state index contributed by atoms with van der Waals surface area (Å²) in [5.41, 5.74) is 1.34. The van der Waals surface area contributed by atoms with Crippen molar-refractivity contribution >= 4 is 34.8 Å². The van der Waals surface area contributed by atoms with Crippen molar-refractivity contribution in [2.75, 3.05) is 18.0 Å². The first-order valence-electron chi connectivity index (χ1n) is 10.5. The molecule has 0 radical (unpaired) electrons. The summed E-state index contributed by atoms with van der Waals surface area (Å²) < 4.78 is 67.9. The summed E-state index contributed by atoms with van der Waals surface area (Å²) in [6.45, 7) is 0.196. The molecule has 3 aromatic rings. The molecule has 0 bridgehead atoms. The molecule has 35 heavy (non-hydrogen) atoms. The number of hydrogen-bond donors (Lipinski definition) is 1. The van der Waals surface area contributed by atoms with Gasteiger partial charge in [0.05, 0.1) is 23.8 Å². The van der Waals surface area contributed by atoms with E-state index in [1.54, 1.807) is 25.1 Å². The average molecular weight is 533 g/mol. The number of nitrogens with one attached hydrogen (secondary N) is 1. The number of fused-ring (bicyclic) bond motifs is 1. The molecule has 1 aliphatic heterocycles. The fourth-order valence-electron chi connectivity index (χ4n) is 3.93. The van der Waals surface area contributed by atoms with Gasteiger partial charge >= 0.3 is 6.18 Å². The molecule has 186 valence electrons. The van der Waals surface area contributed by atoms with Crippen LogP contribution in [-0.4, -0.2) is 35.0 Å². The number of nitrogens with zero attached hydrogens (tertiary/aromatic N) is 3. The second-order valence-corrected chi connectivity index (χ2v) is 8.93. The lowest BCUT2D eigenvalue weighted by atomic mass is 10.1. The molecule has 2 heterocycles. The van der Waals surface area contributed by atoms with Gasteiger partial charge in [0.2, 0.25) is 0 Å². The van der Waals surface area contributed by atoms with Crippen LogP contribution in [-0.2, 0) is 19.5 Å². The van der Waals surface area contributed by atoms with Crippen molar-refractivity contribution in [2.24, 2.45) is 0 Å². The fourth-order valence-corrected chi connectivity index (χ4v) is 4.45. The van der Waals surface area contributed by atoms with Gasteiger partial charge in [-0.15, -0.1) is 0 Å². The van der Waals surface area contributed by atoms with Crippen molar-refractivity contribution in [1.29, 1.82) is 0 Å².